The number of hydrogen-bond donors (Lipinski definition) is 0. The monoisotopic (exact) mass is 386 g/mol. The molecular weight excluding hydrogens is 368 g/mol. The number of rotatable bonds is 2. The van der Waals surface area contributed by atoms with Gasteiger partial charge in [-0.15, -0.1) is 0 Å². The van der Waals surface area contributed by atoms with Crippen LogP contribution in [0.5, 0.6) is 0 Å². The molecule has 0 N–H and O–H groups in total. The van der Waals surface area contributed by atoms with E-state index in [2.05, 4.69) is 4.90 Å². The number of fused-ring (bicyclic) bond motifs is 1. The van der Waals surface area contributed by atoms with Crippen LogP contribution in [-0.2, 0) is 4.79 Å². The van der Waals surface area contributed by atoms with Crippen molar-refractivity contribution in [1.29, 1.82) is 0 Å². The number of carbonyl (C=O) groups is 1. The molecule has 1 amide bonds. The summed E-state index contributed by atoms with van der Waals surface area (Å²) in [4.78, 5) is 34.3. The number of likely N-dealkylation sites (N-methyl/N-ethyl adjacent to an activating group) is 1. The normalized spacial score (nSPS) is 19.4. The highest BCUT2D eigenvalue weighted by Crippen LogP contribution is 2.32. The van der Waals surface area contributed by atoms with E-state index in [1.807, 2.05) is 19.1 Å². The molecule has 2 fully saturated rings. The van der Waals surface area contributed by atoms with Crippen LogP contribution in [0.25, 0.3) is 11.7 Å². The molecule has 2 aromatic heterocycles. The van der Waals surface area contributed by atoms with Crippen LogP contribution in [0.15, 0.2) is 28.0 Å². The number of aryl methyl sites for hydroxylation is 1. The number of hydrogen-bond acceptors (Lipinski definition) is 6. The number of amides is 1. The number of aromatic nitrogens is 2. The number of thiocarbonyl (C=S) groups is 1. The van der Waals surface area contributed by atoms with Crippen molar-refractivity contribution in [2.45, 2.75) is 19.8 Å². The number of pyridine rings is 1. The van der Waals surface area contributed by atoms with Crippen molar-refractivity contribution in [2.24, 2.45) is 0 Å². The predicted molar refractivity (Wildman–Crippen MR) is 109 cm³/mol. The average molecular weight is 387 g/mol. The van der Waals surface area contributed by atoms with Gasteiger partial charge in [0.25, 0.3) is 11.5 Å². The van der Waals surface area contributed by atoms with E-state index in [1.165, 1.54) is 16.7 Å². The van der Waals surface area contributed by atoms with Gasteiger partial charge in [0, 0.05) is 26.3 Å². The number of anilines is 1. The van der Waals surface area contributed by atoms with Gasteiger partial charge in [0.2, 0.25) is 0 Å². The molecule has 8 heteroatoms. The lowest BCUT2D eigenvalue weighted by Gasteiger charge is -2.19. The number of carbonyl (C=O) groups excluding carboxylic acids is 1. The SMILES string of the molecule is Cc1ccc2nc(N3CCCC3)c(/C=C3/SC(=S)N(C)C3=O)c(=O)n2c1. The molecule has 0 unspecified atom stereocenters. The number of nitrogens with zero attached hydrogens (tertiary/aromatic N) is 4. The third-order valence-electron chi connectivity index (χ3n) is 4.65. The lowest BCUT2D eigenvalue weighted by molar-refractivity contribution is -0.121. The first kappa shape index (κ1) is 17.2. The molecule has 26 heavy (non-hydrogen) atoms. The van der Waals surface area contributed by atoms with Gasteiger partial charge in [-0.2, -0.15) is 0 Å². The summed E-state index contributed by atoms with van der Waals surface area (Å²) in [6.45, 7) is 3.66. The molecule has 0 atom stereocenters. The summed E-state index contributed by atoms with van der Waals surface area (Å²) < 4.78 is 2.04. The zero-order valence-corrected chi connectivity index (χ0v) is 16.2. The summed E-state index contributed by atoms with van der Waals surface area (Å²) in [7, 11) is 1.65. The van der Waals surface area contributed by atoms with Crippen molar-refractivity contribution >= 4 is 51.7 Å². The quantitative estimate of drug-likeness (QED) is 0.584. The Morgan fingerprint density at radius 3 is 2.62 bits per heavy atom. The Hall–Kier alpha value is -2.19. The molecule has 2 aromatic rings. The van der Waals surface area contributed by atoms with Gasteiger partial charge in [-0.25, -0.2) is 4.98 Å². The fourth-order valence-corrected chi connectivity index (χ4v) is 4.38. The molecule has 0 spiro atoms. The van der Waals surface area contributed by atoms with E-state index in [9.17, 15) is 9.59 Å². The van der Waals surface area contributed by atoms with Gasteiger partial charge in [0.15, 0.2) is 0 Å². The fourth-order valence-electron chi connectivity index (χ4n) is 3.22. The largest absolute Gasteiger partial charge is 0.356 e. The minimum absolute atomic E-state index is 0.165. The summed E-state index contributed by atoms with van der Waals surface area (Å²) in [6.07, 6.45) is 5.58. The molecule has 6 nitrogen and oxygen atoms in total. The second-order valence-corrected chi connectivity index (χ2v) is 8.20. The fraction of sp³-hybridized carbons (Fsp3) is 0.333. The Morgan fingerprint density at radius 1 is 1.23 bits per heavy atom. The maximum absolute atomic E-state index is 13.2. The summed E-state index contributed by atoms with van der Waals surface area (Å²) in [5, 5.41) is 0. The van der Waals surface area contributed by atoms with Crippen LogP contribution in [0, 0.1) is 6.92 Å². The zero-order chi connectivity index (χ0) is 18.4. The highest BCUT2D eigenvalue weighted by atomic mass is 32.2. The van der Waals surface area contributed by atoms with Crippen LogP contribution in [0.1, 0.15) is 24.0 Å². The van der Waals surface area contributed by atoms with Crippen LogP contribution in [0.2, 0.25) is 0 Å². The zero-order valence-electron chi connectivity index (χ0n) is 14.6. The molecule has 2 aliphatic rings. The van der Waals surface area contributed by atoms with Crippen molar-refractivity contribution < 1.29 is 4.79 Å². The Morgan fingerprint density at radius 2 is 1.96 bits per heavy atom. The van der Waals surface area contributed by atoms with Gasteiger partial charge in [-0.3, -0.25) is 18.9 Å². The van der Waals surface area contributed by atoms with E-state index >= 15 is 0 Å². The van der Waals surface area contributed by atoms with Gasteiger partial charge in [-0.1, -0.05) is 30.0 Å². The van der Waals surface area contributed by atoms with E-state index in [-0.39, 0.29) is 11.5 Å². The molecule has 4 rings (SSSR count). The first-order valence-corrected chi connectivity index (χ1v) is 9.68. The van der Waals surface area contributed by atoms with Crippen molar-refractivity contribution in [3.8, 4) is 0 Å². The third kappa shape index (κ3) is 2.83. The van der Waals surface area contributed by atoms with E-state index in [1.54, 1.807) is 23.7 Å². The van der Waals surface area contributed by atoms with Gasteiger partial charge in [-0.05, 0) is 37.5 Å². The maximum Gasteiger partial charge on any atom is 0.267 e. The minimum Gasteiger partial charge on any atom is -0.356 e. The van der Waals surface area contributed by atoms with Gasteiger partial charge >= 0.3 is 0 Å². The van der Waals surface area contributed by atoms with Gasteiger partial charge < -0.3 is 4.90 Å². The molecule has 0 saturated carbocycles. The summed E-state index contributed by atoms with van der Waals surface area (Å²) >= 11 is 6.42. The molecule has 2 saturated heterocycles. The van der Waals surface area contributed by atoms with E-state index in [0.717, 1.165) is 31.5 Å². The van der Waals surface area contributed by atoms with Crippen LogP contribution >= 0.6 is 24.0 Å². The predicted octanol–water partition coefficient (Wildman–Crippen LogP) is 2.43. The van der Waals surface area contributed by atoms with Crippen molar-refractivity contribution in [1.82, 2.24) is 14.3 Å². The molecule has 0 aliphatic carbocycles. The van der Waals surface area contributed by atoms with Crippen LogP contribution < -0.4 is 10.5 Å². The third-order valence-corrected chi connectivity index (χ3v) is 6.14. The highest BCUT2D eigenvalue weighted by Gasteiger charge is 2.30. The molecule has 4 heterocycles. The lowest BCUT2D eigenvalue weighted by atomic mass is 10.2. The van der Waals surface area contributed by atoms with E-state index in [4.69, 9.17) is 17.2 Å². The molecular formula is C18H18N4O2S2. The van der Waals surface area contributed by atoms with E-state index < -0.39 is 0 Å². The second-order valence-electron chi connectivity index (χ2n) is 6.52. The van der Waals surface area contributed by atoms with Gasteiger partial charge in [0.05, 0.1) is 10.5 Å². The first-order chi connectivity index (χ1) is 12.5. The highest BCUT2D eigenvalue weighted by molar-refractivity contribution is 8.26. The summed E-state index contributed by atoms with van der Waals surface area (Å²) in [6, 6.07) is 3.79. The Labute approximate surface area is 160 Å². The Bertz CT molecular complexity index is 1020. The van der Waals surface area contributed by atoms with Crippen LogP contribution in [0.4, 0.5) is 5.82 Å². The van der Waals surface area contributed by atoms with Crippen molar-refractivity contribution in [3.63, 3.8) is 0 Å². The lowest BCUT2D eigenvalue weighted by Crippen LogP contribution is -2.27. The molecule has 0 bridgehead atoms. The molecule has 0 aromatic carbocycles. The minimum atomic E-state index is -0.180. The second kappa shape index (κ2) is 6.51. The molecule has 2 aliphatic heterocycles. The Balaban J connectivity index is 1.95. The van der Waals surface area contributed by atoms with Crippen molar-refractivity contribution in [2.75, 3.05) is 25.0 Å². The topological polar surface area (TPSA) is 57.9 Å². The first-order valence-electron chi connectivity index (χ1n) is 8.45. The van der Waals surface area contributed by atoms with Crippen LogP contribution in [-0.4, -0.2) is 44.6 Å². The summed E-state index contributed by atoms with van der Waals surface area (Å²) in [5.74, 6) is 0.471. The Kier molecular flexibility index (Phi) is 4.32. The summed E-state index contributed by atoms with van der Waals surface area (Å²) in [5.41, 5.74) is 1.87. The number of thioether (sulfide) groups is 1. The molecule has 0 radical (unpaired) electrons. The standard InChI is InChI=1S/C18H18N4O2S2/c1-11-5-6-14-19-15(21-7-3-4-8-21)12(16(23)22(14)10-11)9-13-17(24)20(2)18(25)26-13/h5-6,9-10H,3-4,7-8H2,1-2H3/b13-9+. The van der Waals surface area contributed by atoms with Crippen molar-refractivity contribution in [3.05, 3.63) is 44.7 Å². The molecule has 134 valence electrons. The average Bonchev–Trinajstić information content (AvgIpc) is 3.23. The van der Waals surface area contributed by atoms with E-state index in [0.29, 0.717) is 26.3 Å². The van der Waals surface area contributed by atoms with Crippen LogP contribution in [0.3, 0.4) is 0 Å². The smallest absolute Gasteiger partial charge is 0.267 e. The maximum atomic E-state index is 13.2. The van der Waals surface area contributed by atoms with Gasteiger partial charge in [0.1, 0.15) is 15.8 Å².